The lowest BCUT2D eigenvalue weighted by molar-refractivity contribution is -0.222. The number of hydrogen-bond acceptors (Lipinski definition) is 0. The molecule has 10 atom stereocenters. The van der Waals surface area contributed by atoms with E-state index in [4.69, 9.17) is 0 Å². The molecule has 10 unspecified atom stereocenters. The second-order valence-corrected chi connectivity index (χ2v) is 10.0. The zero-order chi connectivity index (χ0) is 15.2. The van der Waals surface area contributed by atoms with Crippen LogP contribution in [0.2, 0.25) is 0 Å². The van der Waals surface area contributed by atoms with Crippen molar-refractivity contribution >= 4 is 0 Å². The molecule has 0 aromatic carbocycles. The van der Waals surface area contributed by atoms with Crippen LogP contribution in [0, 0.1) is 58.2 Å². The van der Waals surface area contributed by atoms with Gasteiger partial charge in [0.15, 0.2) is 0 Å². The Kier molecular flexibility index (Phi) is 2.98. The molecule has 4 aliphatic carbocycles. The largest absolute Gasteiger partial charge is 0.0622 e. The minimum atomic E-state index is 0.771. The maximum absolute atomic E-state index is 2.61. The molecule has 0 aromatic heterocycles. The van der Waals surface area contributed by atoms with Crippen LogP contribution < -0.4 is 0 Å². The fourth-order valence-electron chi connectivity index (χ4n) is 7.76. The lowest BCUT2D eigenvalue weighted by Gasteiger charge is -2.71. The normalized spacial score (nSPS) is 63.4. The molecule has 4 saturated carbocycles. The Labute approximate surface area is 132 Å². The fraction of sp³-hybridized carbons (Fsp3) is 1.00. The van der Waals surface area contributed by atoms with Crippen molar-refractivity contribution in [2.75, 3.05) is 0 Å². The summed E-state index contributed by atoms with van der Waals surface area (Å²) in [5, 5.41) is 0. The predicted molar refractivity (Wildman–Crippen MR) is 89.9 cm³/mol. The predicted octanol–water partition coefficient (Wildman–Crippen LogP) is 6.01. The van der Waals surface area contributed by atoms with Gasteiger partial charge >= 0.3 is 0 Å². The quantitative estimate of drug-likeness (QED) is 0.583. The van der Waals surface area contributed by atoms with Gasteiger partial charge in [-0.1, -0.05) is 41.5 Å². The van der Waals surface area contributed by atoms with Crippen molar-refractivity contribution in [2.24, 2.45) is 58.2 Å². The van der Waals surface area contributed by atoms with Crippen LogP contribution in [0.3, 0.4) is 0 Å². The van der Waals surface area contributed by atoms with E-state index < -0.39 is 0 Å². The van der Waals surface area contributed by atoms with Crippen LogP contribution in [-0.2, 0) is 0 Å². The molecule has 4 aliphatic rings. The summed E-state index contributed by atoms with van der Waals surface area (Å²) < 4.78 is 0. The molecule has 0 heterocycles. The molecule has 0 aliphatic heterocycles. The van der Waals surface area contributed by atoms with Crippen molar-refractivity contribution in [3.05, 3.63) is 0 Å². The van der Waals surface area contributed by atoms with E-state index >= 15 is 0 Å². The highest BCUT2D eigenvalue weighted by atomic mass is 14.7. The summed E-state index contributed by atoms with van der Waals surface area (Å²) >= 11 is 0. The molecule has 0 heteroatoms. The van der Waals surface area contributed by atoms with Crippen molar-refractivity contribution in [3.63, 3.8) is 0 Å². The summed E-state index contributed by atoms with van der Waals surface area (Å²) in [7, 11) is 0. The highest BCUT2D eigenvalue weighted by Crippen LogP contribution is 2.73. The van der Waals surface area contributed by atoms with Crippen molar-refractivity contribution in [1.82, 2.24) is 0 Å². The van der Waals surface area contributed by atoms with Gasteiger partial charge in [0, 0.05) is 0 Å². The van der Waals surface area contributed by atoms with Gasteiger partial charge < -0.3 is 0 Å². The lowest BCUT2D eigenvalue weighted by Crippen LogP contribution is -2.64. The topological polar surface area (TPSA) is 0 Å². The summed E-state index contributed by atoms with van der Waals surface area (Å²) in [5.74, 6) is 8.10. The summed E-state index contributed by atoms with van der Waals surface area (Å²) in [6.45, 7) is 15.3. The van der Waals surface area contributed by atoms with Gasteiger partial charge in [0.1, 0.15) is 0 Å². The maximum atomic E-state index is 2.61. The third-order valence-electron chi connectivity index (χ3n) is 10.2. The second-order valence-electron chi connectivity index (χ2n) is 10.0. The van der Waals surface area contributed by atoms with Crippen LogP contribution in [0.25, 0.3) is 0 Å². The van der Waals surface area contributed by atoms with E-state index in [0.717, 1.165) is 58.2 Å². The Morgan fingerprint density at radius 3 is 1.67 bits per heavy atom. The summed E-state index contributed by atoms with van der Waals surface area (Å²) in [6.07, 6.45) is 7.70. The van der Waals surface area contributed by atoms with Gasteiger partial charge in [-0.2, -0.15) is 0 Å². The number of rotatable bonds is 2. The van der Waals surface area contributed by atoms with Gasteiger partial charge in [-0.3, -0.25) is 0 Å². The number of hydrogen-bond donors (Lipinski definition) is 0. The van der Waals surface area contributed by atoms with Crippen LogP contribution in [0.5, 0.6) is 0 Å². The van der Waals surface area contributed by atoms with Crippen LogP contribution in [-0.4, -0.2) is 0 Å². The van der Waals surface area contributed by atoms with Crippen molar-refractivity contribution in [2.45, 2.75) is 73.6 Å². The molecule has 0 aromatic rings. The van der Waals surface area contributed by atoms with E-state index in [1.54, 1.807) is 12.8 Å². The highest BCUT2D eigenvalue weighted by Gasteiger charge is 2.65. The van der Waals surface area contributed by atoms with Gasteiger partial charge in [-0.05, 0) is 90.3 Å². The molecule has 0 radical (unpaired) electrons. The molecule has 0 saturated heterocycles. The Morgan fingerprint density at radius 2 is 1.33 bits per heavy atom. The standard InChI is InChI=1S/C21H36/c1-12-9-21(15(12)4)11-19(17(21)6)14(3)18-10-20(16(18)5)8-7-13(20)2/h12-19H,7-11H2,1-6H3. The van der Waals surface area contributed by atoms with Crippen molar-refractivity contribution in [3.8, 4) is 0 Å². The SMILES string of the molecule is CC1CC2(CC(C(C)C3CC4(CCC4C)C3C)C2C)C1C. The average Bonchev–Trinajstić information content (AvgIpc) is 2.46. The van der Waals surface area contributed by atoms with Crippen molar-refractivity contribution in [1.29, 1.82) is 0 Å². The Bertz CT molecular complexity index is 439. The average molecular weight is 289 g/mol. The first-order chi connectivity index (χ1) is 9.83. The maximum Gasteiger partial charge on any atom is -0.0235 e. The first kappa shape index (κ1) is 14.6. The molecule has 120 valence electrons. The van der Waals surface area contributed by atoms with E-state index in [1.165, 1.54) is 19.3 Å². The van der Waals surface area contributed by atoms with Crippen molar-refractivity contribution < 1.29 is 0 Å². The third-order valence-corrected chi connectivity index (χ3v) is 10.2. The minimum Gasteiger partial charge on any atom is -0.0622 e. The van der Waals surface area contributed by atoms with E-state index in [9.17, 15) is 0 Å². The third kappa shape index (κ3) is 1.53. The van der Waals surface area contributed by atoms with Gasteiger partial charge in [0.05, 0.1) is 0 Å². The first-order valence-electron chi connectivity index (χ1n) is 9.83. The second kappa shape index (κ2) is 4.30. The molecule has 0 N–H and O–H groups in total. The smallest absolute Gasteiger partial charge is 0.0235 e. The molecule has 4 fully saturated rings. The van der Waals surface area contributed by atoms with Crippen LogP contribution in [0.1, 0.15) is 73.6 Å². The highest BCUT2D eigenvalue weighted by molar-refractivity contribution is 5.14. The van der Waals surface area contributed by atoms with Crippen LogP contribution in [0.4, 0.5) is 0 Å². The van der Waals surface area contributed by atoms with E-state index in [0.29, 0.717) is 0 Å². The lowest BCUT2D eigenvalue weighted by atomic mass is 9.34. The van der Waals surface area contributed by atoms with Gasteiger partial charge in [-0.25, -0.2) is 0 Å². The molecule has 0 amide bonds. The minimum absolute atomic E-state index is 0.771. The van der Waals surface area contributed by atoms with Gasteiger partial charge in [0.2, 0.25) is 0 Å². The Morgan fingerprint density at radius 1 is 0.762 bits per heavy atom. The first-order valence-corrected chi connectivity index (χ1v) is 9.83. The van der Waals surface area contributed by atoms with E-state index in [2.05, 4.69) is 41.5 Å². The van der Waals surface area contributed by atoms with Gasteiger partial charge in [-0.15, -0.1) is 0 Å². The molecule has 2 spiro atoms. The van der Waals surface area contributed by atoms with E-state index in [1.807, 2.05) is 0 Å². The van der Waals surface area contributed by atoms with Crippen LogP contribution in [0.15, 0.2) is 0 Å². The summed E-state index contributed by atoms with van der Waals surface area (Å²) in [6, 6.07) is 0. The molecule has 4 rings (SSSR count). The van der Waals surface area contributed by atoms with E-state index in [-0.39, 0.29) is 0 Å². The molecule has 0 bridgehead atoms. The fourth-order valence-corrected chi connectivity index (χ4v) is 7.76. The molecular weight excluding hydrogens is 252 g/mol. The molecule has 0 nitrogen and oxygen atoms in total. The van der Waals surface area contributed by atoms with Crippen LogP contribution >= 0.6 is 0 Å². The zero-order valence-corrected chi connectivity index (χ0v) is 15.2. The zero-order valence-electron chi connectivity index (χ0n) is 15.2. The molecular formula is C21H36. The monoisotopic (exact) mass is 288 g/mol. The molecule has 21 heavy (non-hydrogen) atoms. The van der Waals surface area contributed by atoms with Gasteiger partial charge in [0.25, 0.3) is 0 Å². The Hall–Kier alpha value is 0. The Balaban J connectivity index is 1.39. The summed E-state index contributed by atoms with van der Waals surface area (Å²) in [5.41, 5.74) is 1.56. The summed E-state index contributed by atoms with van der Waals surface area (Å²) in [4.78, 5) is 0.